The number of hydrogen-bond donors (Lipinski definition) is 2. The van der Waals surface area contributed by atoms with Gasteiger partial charge >= 0.3 is 11.9 Å². The van der Waals surface area contributed by atoms with Gasteiger partial charge in [0.25, 0.3) is 0 Å². The summed E-state index contributed by atoms with van der Waals surface area (Å²) in [5.74, 6) is 0.0461. The third kappa shape index (κ3) is 8.77. The normalized spacial score (nSPS) is 10.8. The van der Waals surface area contributed by atoms with Gasteiger partial charge in [-0.15, -0.1) is 0 Å². The molecular weight excluding hydrogens is 452 g/mol. The number of carbonyl (C=O) groups excluding carboxylic acids is 2. The van der Waals surface area contributed by atoms with E-state index in [1.54, 1.807) is 24.3 Å². The van der Waals surface area contributed by atoms with Crippen LogP contribution >= 0.6 is 0 Å². The van der Waals surface area contributed by atoms with Crippen LogP contribution in [0.25, 0.3) is 0 Å². The Bertz CT molecular complexity index is 1010. The lowest BCUT2D eigenvalue weighted by atomic mass is 10.1. The number of nitrogens with one attached hydrogen (secondary N) is 2. The summed E-state index contributed by atoms with van der Waals surface area (Å²) in [7, 11) is 0. The van der Waals surface area contributed by atoms with Gasteiger partial charge in [-0.25, -0.2) is 9.59 Å². The van der Waals surface area contributed by atoms with Crippen molar-refractivity contribution in [2.75, 3.05) is 23.8 Å². The van der Waals surface area contributed by atoms with Crippen LogP contribution in [-0.2, 0) is 22.6 Å². The summed E-state index contributed by atoms with van der Waals surface area (Å²) in [5.41, 5.74) is 5.31. The third-order valence-corrected chi connectivity index (χ3v) is 5.35. The molecule has 36 heavy (non-hydrogen) atoms. The van der Waals surface area contributed by atoms with Crippen LogP contribution in [-0.4, -0.2) is 25.2 Å². The zero-order valence-corrected chi connectivity index (χ0v) is 21.5. The van der Waals surface area contributed by atoms with E-state index in [0.29, 0.717) is 49.3 Å². The van der Waals surface area contributed by atoms with E-state index >= 15 is 0 Å². The Morgan fingerprint density at radius 1 is 0.583 bits per heavy atom. The standard InChI is InChI=1S/C30H36N2O4/c1-21(2)19-35-29(33)25-9-13-27(14-10-25)31-17-23-5-7-24(8-6-23)18-32-28-15-11-26(12-16-28)30(34)36-20-22(3)4/h5-16,21-22,31-32H,17-20H2,1-4H3. The molecule has 0 spiro atoms. The number of esters is 2. The number of hydrogen-bond acceptors (Lipinski definition) is 6. The van der Waals surface area contributed by atoms with E-state index < -0.39 is 0 Å². The highest BCUT2D eigenvalue weighted by molar-refractivity contribution is 5.90. The topological polar surface area (TPSA) is 76.7 Å². The smallest absolute Gasteiger partial charge is 0.338 e. The van der Waals surface area contributed by atoms with Crippen LogP contribution in [0, 0.1) is 11.8 Å². The first-order chi connectivity index (χ1) is 17.3. The molecule has 0 aliphatic carbocycles. The first kappa shape index (κ1) is 26.8. The van der Waals surface area contributed by atoms with Gasteiger partial charge in [-0.05, 0) is 71.5 Å². The van der Waals surface area contributed by atoms with E-state index in [-0.39, 0.29) is 11.9 Å². The van der Waals surface area contributed by atoms with Crippen molar-refractivity contribution >= 4 is 23.3 Å². The lowest BCUT2D eigenvalue weighted by Gasteiger charge is -2.11. The Morgan fingerprint density at radius 2 is 0.917 bits per heavy atom. The van der Waals surface area contributed by atoms with Crippen LogP contribution in [0.5, 0.6) is 0 Å². The van der Waals surface area contributed by atoms with E-state index in [2.05, 4.69) is 34.9 Å². The van der Waals surface area contributed by atoms with Crippen LogP contribution in [0.4, 0.5) is 11.4 Å². The highest BCUT2D eigenvalue weighted by atomic mass is 16.5. The van der Waals surface area contributed by atoms with Crippen molar-refractivity contribution < 1.29 is 19.1 Å². The van der Waals surface area contributed by atoms with Gasteiger partial charge in [0, 0.05) is 24.5 Å². The second-order valence-electron chi connectivity index (χ2n) is 9.66. The van der Waals surface area contributed by atoms with Gasteiger partial charge in [0.15, 0.2) is 0 Å². The van der Waals surface area contributed by atoms with E-state index in [1.807, 2.05) is 52.0 Å². The number of carbonyl (C=O) groups is 2. The molecule has 190 valence electrons. The fraction of sp³-hybridized carbons (Fsp3) is 0.333. The summed E-state index contributed by atoms with van der Waals surface area (Å²) >= 11 is 0. The van der Waals surface area contributed by atoms with Crippen molar-refractivity contribution in [2.45, 2.75) is 40.8 Å². The van der Waals surface area contributed by atoms with Gasteiger partial charge in [0.05, 0.1) is 24.3 Å². The summed E-state index contributed by atoms with van der Waals surface area (Å²) in [6.45, 7) is 10.3. The minimum Gasteiger partial charge on any atom is -0.462 e. The first-order valence-electron chi connectivity index (χ1n) is 12.4. The molecule has 0 aromatic heterocycles. The molecule has 3 rings (SSSR count). The van der Waals surface area contributed by atoms with Crippen molar-refractivity contribution in [3.8, 4) is 0 Å². The van der Waals surface area contributed by atoms with Gasteiger partial charge in [-0.3, -0.25) is 0 Å². The fourth-order valence-corrected chi connectivity index (χ4v) is 3.28. The lowest BCUT2D eigenvalue weighted by Crippen LogP contribution is -2.10. The first-order valence-corrected chi connectivity index (χ1v) is 12.4. The van der Waals surface area contributed by atoms with Crippen molar-refractivity contribution in [3.63, 3.8) is 0 Å². The van der Waals surface area contributed by atoms with E-state index in [0.717, 1.165) is 22.5 Å². The second-order valence-corrected chi connectivity index (χ2v) is 9.66. The zero-order valence-electron chi connectivity index (χ0n) is 21.5. The molecule has 3 aromatic carbocycles. The molecular formula is C30H36N2O4. The van der Waals surface area contributed by atoms with Crippen molar-refractivity contribution in [3.05, 3.63) is 95.1 Å². The average Bonchev–Trinajstić information content (AvgIpc) is 2.89. The molecule has 0 unspecified atom stereocenters. The molecule has 0 aliphatic rings. The third-order valence-electron chi connectivity index (χ3n) is 5.35. The summed E-state index contributed by atoms with van der Waals surface area (Å²) < 4.78 is 10.5. The maximum Gasteiger partial charge on any atom is 0.338 e. The molecule has 0 saturated heterocycles. The SMILES string of the molecule is CC(C)COC(=O)c1ccc(NCc2ccc(CNc3ccc(C(=O)OCC(C)C)cc3)cc2)cc1. The van der Waals surface area contributed by atoms with Crippen LogP contribution in [0.3, 0.4) is 0 Å². The molecule has 0 aliphatic heterocycles. The monoisotopic (exact) mass is 488 g/mol. The van der Waals surface area contributed by atoms with Gasteiger partial charge in [-0.1, -0.05) is 52.0 Å². The molecule has 0 atom stereocenters. The predicted octanol–water partition coefficient (Wildman–Crippen LogP) is 6.54. The van der Waals surface area contributed by atoms with E-state index in [9.17, 15) is 9.59 Å². The van der Waals surface area contributed by atoms with Crippen molar-refractivity contribution in [1.82, 2.24) is 0 Å². The minimum absolute atomic E-state index is 0.292. The summed E-state index contributed by atoms with van der Waals surface area (Å²) in [6, 6.07) is 23.0. The summed E-state index contributed by atoms with van der Waals surface area (Å²) in [6.07, 6.45) is 0. The van der Waals surface area contributed by atoms with E-state index in [4.69, 9.17) is 9.47 Å². The molecule has 0 fully saturated rings. The predicted molar refractivity (Wildman–Crippen MR) is 144 cm³/mol. The van der Waals surface area contributed by atoms with Gasteiger partial charge in [0.2, 0.25) is 0 Å². The number of ether oxygens (including phenoxy) is 2. The minimum atomic E-state index is -0.292. The highest BCUT2D eigenvalue weighted by Crippen LogP contribution is 2.15. The van der Waals surface area contributed by atoms with Gasteiger partial charge in [0.1, 0.15) is 0 Å². The molecule has 6 heteroatoms. The molecule has 6 nitrogen and oxygen atoms in total. The number of anilines is 2. The van der Waals surface area contributed by atoms with Crippen LogP contribution < -0.4 is 10.6 Å². The second kappa shape index (κ2) is 13.3. The zero-order chi connectivity index (χ0) is 25.9. The Labute approximate surface area is 214 Å². The molecule has 3 aromatic rings. The lowest BCUT2D eigenvalue weighted by molar-refractivity contribution is 0.0450. The van der Waals surface area contributed by atoms with E-state index in [1.165, 1.54) is 0 Å². The molecule has 0 heterocycles. The highest BCUT2D eigenvalue weighted by Gasteiger charge is 2.09. The quantitative estimate of drug-likeness (QED) is 0.282. The summed E-state index contributed by atoms with van der Waals surface area (Å²) in [5, 5.41) is 6.76. The Balaban J connectivity index is 1.43. The molecule has 0 bridgehead atoms. The van der Waals surface area contributed by atoms with Crippen molar-refractivity contribution in [2.24, 2.45) is 11.8 Å². The fourth-order valence-electron chi connectivity index (χ4n) is 3.28. The van der Waals surface area contributed by atoms with Gasteiger partial charge in [-0.2, -0.15) is 0 Å². The molecule has 0 radical (unpaired) electrons. The number of rotatable bonds is 12. The van der Waals surface area contributed by atoms with Crippen LogP contribution in [0.1, 0.15) is 59.5 Å². The maximum atomic E-state index is 12.0. The Hall–Kier alpha value is -3.80. The molecule has 0 amide bonds. The Morgan fingerprint density at radius 3 is 1.22 bits per heavy atom. The maximum absolute atomic E-state index is 12.0. The molecule has 0 saturated carbocycles. The summed E-state index contributed by atoms with van der Waals surface area (Å²) in [4.78, 5) is 24.1. The van der Waals surface area contributed by atoms with Crippen LogP contribution in [0.15, 0.2) is 72.8 Å². The number of benzene rings is 3. The van der Waals surface area contributed by atoms with Gasteiger partial charge < -0.3 is 20.1 Å². The van der Waals surface area contributed by atoms with Crippen LogP contribution in [0.2, 0.25) is 0 Å². The average molecular weight is 489 g/mol. The van der Waals surface area contributed by atoms with Crippen molar-refractivity contribution in [1.29, 1.82) is 0 Å². The largest absolute Gasteiger partial charge is 0.462 e. The Kier molecular flexibility index (Phi) is 9.92. The molecule has 2 N–H and O–H groups in total.